The summed E-state index contributed by atoms with van der Waals surface area (Å²) in [6.45, 7) is 1.90. The van der Waals surface area contributed by atoms with Crippen LogP contribution in [0, 0.1) is 12.7 Å². The number of amides is 3. The van der Waals surface area contributed by atoms with Gasteiger partial charge in [-0.05, 0) is 104 Å². The topological polar surface area (TPSA) is 183 Å². The van der Waals surface area contributed by atoms with Gasteiger partial charge < -0.3 is 35.1 Å². The maximum atomic E-state index is 13.8. The van der Waals surface area contributed by atoms with Gasteiger partial charge in [0.15, 0.2) is 5.75 Å². The summed E-state index contributed by atoms with van der Waals surface area (Å²) in [5, 5.41) is 8.22. The normalized spacial score (nSPS) is 10.5. The molecule has 0 bridgehead atoms. The fourth-order valence-corrected chi connectivity index (χ4v) is 6.71. The first-order valence-electron chi connectivity index (χ1n) is 22.5. The van der Waals surface area contributed by atoms with E-state index in [-0.39, 0.29) is 28.9 Å². The predicted octanol–water partition coefficient (Wildman–Crippen LogP) is 12.6. The number of aryl methyl sites for hydroxylation is 1. The van der Waals surface area contributed by atoms with Gasteiger partial charge in [0.25, 0.3) is 17.7 Å². The van der Waals surface area contributed by atoms with Crippen molar-refractivity contribution in [3.8, 4) is 28.7 Å². The number of nitrogens with zero attached hydrogens (tertiary/aromatic N) is 6. The molecule has 3 amide bonds. The minimum Gasteiger partial charge on any atom is -0.497 e. The molecule has 0 saturated carbocycles. The van der Waals surface area contributed by atoms with Gasteiger partial charge in [0.1, 0.15) is 40.8 Å². The molecule has 0 aliphatic heterocycles. The molecule has 75 heavy (non-hydrogen) atoms. The van der Waals surface area contributed by atoms with Crippen molar-refractivity contribution in [1.82, 2.24) is 24.9 Å². The SMILES string of the molecule is COc1cccc(C(=O)Nc2cc(F)cc(Oc3cncnc3)c2)c1.Cc1cccc(C(=O)Nc2cccc(N(C)c3cncc(C(F)(F)F)c3)c2)c1.O=C(Nc1cccc(Oc2cccnc2)c1)c1ccccn1. The number of aromatic nitrogens is 5. The highest BCUT2D eigenvalue weighted by Gasteiger charge is 2.31. The molecule has 0 radical (unpaired) electrons. The lowest BCUT2D eigenvalue weighted by Crippen LogP contribution is -2.14. The number of hydrogen-bond acceptors (Lipinski definition) is 12. The van der Waals surface area contributed by atoms with Crippen LogP contribution in [0.15, 0.2) is 201 Å². The number of pyridine rings is 3. The highest BCUT2D eigenvalue weighted by molar-refractivity contribution is 6.05. The summed E-state index contributed by atoms with van der Waals surface area (Å²) in [5.41, 5.74) is 3.77. The number of carbonyl (C=O) groups excluding carboxylic acids is 3. The highest BCUT2D eigenvalue weighted by atomic mass is 19.4. The Bertz CT molecular complexity index is 3360. The largest absolute Gasteiger partial charge is 0.497 e. The van der Waals surface area contributed by atoms with E-state index >= 15 is 0 Å². The van der Waals surface area contributed by atoms with E-state index in [0.717, 1.165) is 17.8 Å². The Morgan fingerprint density at radius 2 is 1.16 bits per heavy atom. The van der Waals surface area contributed by atoms with E-state index in [9.17, 15) is 31.9 Å². The second-order valence-corrected chi connectivity index (χ2v) is 15.9. The van der Waals surface area contributed by atoms with Crippen LogP contribution in [-0.2, 0) is 6.18 Å². The Morgan fingerprint density at radius 3 is 1.87 bits per heavy atom. The average molecular weight is 1020 g/mol. The van der Waals surface area contributed by atoms with Gasteiger partial charge in [0.2, 0.25) is 0 Å². The third kappa shape index (κ3) is 16.0. The smallest absolute Gasteiger partial charge is 0.417 e. The van der Waals surface area contributed by atoms with Crippen molar-refractivity contribution >= 4 is 46.2 Å². The molecule has 4 aromatic heterocycles. The summed E-state index contributed by atoms with van der Waals surface area (Å²) in [6.07, 6.45) is 6.82. The fourth-order valence-electron chi connectivity index (χ4n) is 6.71. The fraction of sp³-hybridized carbons (Fsp3) is 0.0714. The van der Waals surface area contributed by atoms with Gasteiger partial charge in [-0.3, -0.25) is 29.3 Å². The zero-order valence-corrected chi connectivity index (χ0v) is 40.2. The van der Waals surface area contributed by atoms with E-state index in [2.05, 4.69) is 40.9 Å². The number of ether oxygens (including phenoxy) is 3. The summed E-state index contributed by atoms with van der Waals surface area (Å²) < 4.78 is 68.8. The zero-order chi connectivity index (χ0) is 53.2. The number of nitrogens with one attached hydrogen (secondary N) is 3. The van der Waals surface area contributed by atoms with Crippen LogP contribution >= 0.6 is 0 Å². The molecule has 0 atom stereocenters. The summed E-state index contributed by atoms with van der Waals surface area (Å²) in [7, 11) is 3.15. The Hall–Kier alpha value is -10.0. The number of anilines is 5. The van der Waals surface area contributed by atoms with Gasteiger partial charge in [0.05, 0.1) is 43.1 Å². The average Bonchev–Trinajstić information content (AvgIpc) is 3.41. The van der Waals surface area contributed by atoms with E-state index in [1.165, 1.54) is 50.2 Å². The summed E-state index contributed by atoms with van der Waals surface area (Å²) in [5.74, 6) is 0.925. The van der Waals surface area contributed by atoms with Crippen LogP contribution in [0.4, 0.5) is 46.0 Å². The first kappa shape index (κ1) is 52.8. The second-order valence-electron chi connectivity index (χ2n) is 15.9. The Kier molecular flexibility index (Phi) is 17.9. The monoisotopic (exact) mass is 1020 g/mol. The number of alkyl halides is 3. The first-order chi connectivity index (χ1) is 36.2. The molecule has 4 heterocycles. The molecule has 15 nitrogen and oxygen atoms in total. The lowest BCUT2D eigenvalue weighted by atomic mass is 10.1. The number of rotatable bonds is 13. The first-order valence-corrected chi connectivity index (χ1v) is 22.5. The maximum absolute atomic E-state index is 13.8. The Balaban J connectivity index is 0.000000165. The minimum atomic E-state index is -4.46. The van der Waals surface area contributed by atoms with E-state index in [4.69, 9.17) is 14.2 Å². The molecule has 3 N–H and O–H groups in total. The Morgan fingerprint density at radius 1 is 0.520 bits per heavy atom. The number of benzene rings is 5. The third-order valence-electron chi connectivity index (χ3n) is 10.3. The second kappa shape index (κ2) is 25.4. The summed E-state index contributed by atoms with van der Waals surface area (Å²) in [4.78, 5) is 57.7. The van der Waals surface area contributed by atoms with Crippen molar-refractivity contribution in [1.29, 1.82) is 0 Å². The summed E-state index contributed by atoms with van der Waals surface area (Å²) >= 11 is 0. The number of methoxy groups -OCH3 is 1. The molecular weight excluding hydrogens is 971 g/mol. The van der Waals surface area contributed by atoms with Crippen molar-refractivity contribution in [3.63, 3.8) is 0 Å². The van der Waals surface area contributed by atoms with Crippen molar-refractivity contribution in [2.24, 2.45) is 0 Å². The van der Waals surface area contributed by atoms with Crippen LogP contribution in [0.1, 0.15) is 42.3 Å². The van der Waals surface area contributed by atoms with E-state index in [1.54, 1.807) is 140 Å². The number of carbonyl (C=O) groups is 3. The Labute approximate surface area is 427 Å². The quantitative estimate of drug-likeness (QED) is 0.0931. The van der Waals surface area contributed by atoms with Crippen LogP contribution < -0.4 is 35.1 Å². The molecule has 0 aliphatic rings. The van der Waals surface area contributed by atoms with E-state index in [1.807, 2.05) is 25.1 Å². The predicted molar refractivity (Wildman–Crippen MR) is 275 cm³/mol. The van der Waals surface area contributed by atoms with Gasteiger partial charge in [-0.2, -0.15) is 13.2 Å². The lowest BCUT2D eigenvalue weighted by Gasteiger charge is -2.21. The van der Waals surface area contributed by atoms with Gasteiger partial charge in [-0.15, -0.1) is 0 Å². The lowest BCUT2D eigenvalue weighted by molar-refractivity contribution is -0.137. The maximum Gasteiger partial charge on any atom is 0.417 e. The highest BCUT2D eigenvalue weighted by Crippen LogP contribution is 2.33. The summed E-state index contributed by atoms with van der Waals surface area (Å²) in [6, 6.07) is 41.6. The van der Waals surface area contributed by atoms with Gasteiger partial charge in [0, 0.05) is 77.7 Å². The van der Waals surface area contributed by atoms with Crippen LogP contribution in [0.2, 0.25) is 0 Å². The van der Waals surface area contributed by atoms with Crippen LogP contribution in [0.25, 0.3) is 0 Å². The molecule has 9 aromatic rings. The molecule has 0 unspecified atom stereocenters. The minimum absolute atomic E-state index is 0.218. The number of hydrogen-bond donors (Lipinski definition) is 3. The molecule has 9 rings (SSSR count). The molecule has 0 fully saturated rings. The molecule has 5 aromatic carbocycles. The molecule has 0 spiro atoms. The van der Waals surface area contributed by atoms with Gasteiger partial charge in [-0.1, -0.05) is 42.0 Å². The van der Waals surface area contributed by atoms with E-state index in [0.29, 0.717) is 56.9 Å². The van der Waals surface area contributed by atoms with Crippen molar-refractivity contribution in [2.45, 2.75) is 13.1 Å². The molecule has 19 heteroatoms. The molecular formula is C56H45F4N9O6. The van der Waals surface area contributed by atoms with Crippen LogP contribution in [0.3, 0.4) is 0 Å². The van der Waals surface area contributed by atoms with Crippen molar-refractivity contribution in [3.05, 3.63) is 235 Å². The molecule has 0 aliphatic carbocycles. The van der Waals surface area contributed by atoms with Gasteiger partial charge in [-0.25, -0.2) is 14.4 Å². The number of halogens is 4. The van der Waals surface area contributed by atoms with Crippen molar-refractivity contribution in [2.75, 3.05) is 35.0 Å². The molecule has 378 valence electrons. The zero-order valence-electron chi connectivity index (χ0n) is 40.2. The van der Waals surface area contributed by atoms with Gasteiger partial charge >= 0.3 is 6.18 Å². The molecule has 0 saturated heterocycles. The van der Waals surface area contributed by atoms with Crippen LogP contribution in [-0.4, -0.2) is 56.8 Å². The third-order valence-corrected chi connectivity index (χ3v) is 10.3. The van der Waals surface area contributed by atoms with E-state index < -0.39 is 23.5 Å². The standard InChI is InChI=1S/C21H18F3N3O.C18H14FN3O3.C17H13N3O2/c1-14-5-3-6-15(9-14)20(28)26-17-7-4-8-18(11-17)27(2)19-10-16(12-25-13-19)21(22,23)24;1-24-15-4-2-3-12(5-15)18(23)22-14-6-13(19)7-16(8-14)25-17-9-20-11-21-10-17;21-17(16-8-1-2-10-19-16)20-13-5-3-6-14(11-13)22-15-7-4-9-18-12-15/h3-13H,1-2H3,(H,26,28);2-11H,1H3,(H,22,23);1-12H,(H,20,21). The van der Waals surface area contributed by atoms with Crippen molar-refractivity contribution < 1.29 is 46.2 Å². The van der Waals surface area contributed by atoms with Crippen LogP contribution in [0.5, 0.6) is 28.7 Å².